The van der Waals surface area contributed by atoms with Gasteiger partial charge in [0.15, 0.2) is 18.1 Å². The summed E-state index contributed by atoms with van der Waals surface area (Å²) in [6.45, 7) is 6.25. The van der Waals surface area contributed by atoms with Crippen molar-refractivity contribution in [2.45, 2.75) is 27.3 Å². The van der Waals surface area contributed by atoms with Crippen molar-refractivity contribution in [1.82, 2.24) is 0 Å². The van der Waals surface area contributed by atoms with Crippen LogP contribution in [0, 0.1) is 13.8 Å². The summed E-state index contributed by atoms with van der Waals surface area (Å²) in [5, 5.41) is 15.6. The number of anilines is 2. The Morgan fingerprint density at radius 1 is 1.00 bits per heavy atom. The van der Waals surface area contributed by atoms with Crippen LogP contribution in [0.15, 0.2) is 54.6 Å². The highest BCUT2D eigenvalue weighted by Gasteiger charge is 2.15. The van der Waals surface area contributed by atoms with Gasteiger partial charge in [-0.3, -0.25) is 4.79 Å². The van der Waals surface area contributed by atoms with E-state index in [2.05, 4.69) is 10.6 Å². The van der Waals surface area contributed by atoms with Gasteiger partial charge in [0.05, 0.1) is 17.2 Å². The molecule has 0 fully saturated rings. The maximum atomic E-state index is 12.3. The standard InChI is InChI=1S/C26H27ClN2O5/c1-4-33-23-12-18(14-28-22-13-19(26(31)32)8-7-17(22)3)11-21(27)25(23)34-15-24(30)29-20-9-5-16(2)6-10-20/h5-13,28H,4,14-15H2,1-3H3,(H,29,30)(H,31,32). The van der Waals surface area contributed by atoms with Crippen LogP contribution in [0.5, 0.6) is 11.5 Å². The third kappa shape index (κ3) is 6.65. The van der Waals surface area contributed by atoms with E-state index in [9.17, 15) is 14.7 Å². The first-order valence-electron chi connectivity index (χ1n) is 10.8. The molecule has 0 aliphatic heterocycles. The molecule has 3 aromatic carbocycles. The van der Waals surface area contributed by atoms with E-state index < -0.39 is 5.97 Å². The van der Waals surface area contributed by atoms with E-state index in [0.29, 0.717) is 35.3 Å². The molecule has 3 aromatic rings. The second-order valence-corrected chi connectivity index (χ2v) is 8.14. The summed E-state index contributed by atoms with van der Waals surface area (Å²) in [6, 6.07) is 15.9. The van der Waals surface area contributed by atoms with E-state index in [1.807, 2.05) is 45.0 Å². The van der Waals surface area contributed by atoms with Gasteiger partial charge in [-0.2, -0.15) is 0 Å². The van der Waals surface area contributed by atoms with Gasteiger partial charge in [-0.25, -0.2) is 4.79 Å². The number of hydrogen-bond acceptors (Lipinski definition) is 5. The molecule has 0 aliphatic carbocycles. The van der Waals surface area contributed by atoms with E-state index >= 15 is 0 Å². The highest BCUT2D eigenvalue weighted by Crippen LogP contribution is 2.37. The molecule has 0 heterocycles. The number of rotatable bonds is 10. The molecule has 0 radical (unpaired) electrons. The molecule has 0 atom stereocenters. The number of ether oxygens (including phenoxy) is 2. The summed E-state index contributed by atoms with van der Waals surface area (Å²) >= 11 is 6.47. The molecule has 0 saturated heterocycles. The van der Waals surface area contributed by atoms with Crippen LogP contribution >= 0.6 is 11.6 Å². The number of aromatic carboxylic acids is 1. The van der Waals surface area contributed by atoms with E-state index in [0.717, 1.165) is 16.7 Å². The van der Waals surface area contributed by atoms with Crippen LogP contribution in [-0.4, -0.2) is 30.2 Å². The molecule has 8 heteroatoms. The first kappa shape index (κ1) is 24.9. The number of halogens is 1. The zero-order valence-corrected chi connectivity index (χ0v) is 20.0. The molecule has 0 unspecified atom stereocenters. The van der Waals surface area contributed by atoms with Gasteiger partial charge < -0.3 is 25.2 Å². The summed E-state index contributed by atoms with van der Waals surface area (Å²) in [5.41, 5.74) is 4.42. The number of carboxylic acids is 1. The zero-order valence-electron chi connectivity index (χ0n) is 19.3. The average molecular weight is 483 g/mol. The minimum absolute atomic E-state index is 0.203. The van der Waals surface area contributed by atoms with Crippen molar-refractivity contribution in [2.24, 2.45) is 0 Å². The lowest BCUT2D eigenvalue weighted by Gasteiger charge is -2.16. The monoisotopic (exact) mass is 482 g/mol. The van der Waals surface area contributed by atoms with Gasteiger partial charge in [0.25, 0.3) is 5.91 Å². The summed E-state index contributed by atoms with van der Waals surface area (Å²) in [6.07, 6.45) is 0. The lowest BCUT2D eigenvalue weighted by atomic mass is 10.1. The third-order valence-corrected chi connectivity index (χ3v) is 5.30. The van der Waals surface area contributed by atoms with Crippen molar-refractivity contribution >= 4 is 34.9 Å². The largest absolute Gasteiger partial charge is 0.490 e. The Labute approximate surface area is 203 Å². The van der Waals surface area contributed by atoms with Crippen molar-refractivity contribution in [2.75, 3.05) is 23.8 Å². The fourth-order valence-electron chi connectivity index (χ4n) is 3.24. The van der Waals surface area contributed by atoms with Crippen LogP contribution in [0.1, 0.15) is 34.0 Å². The molecule has 3 rings (SSSR count). The molecule has 0 aliphatic rings. The lowest BCUT2D eigenvalue weighted by molar-refractivity contribution is -0.118. The number of aryl methyl sites for hydroxylation is 2. The second kappa shape index (κ2) is 11.4. The molecule has 0 saturated carbocycles. The Balaban J connectivity index is 1.70. The smallest absolute Gasteiger partial charge is 0.335 e. The maximum Gasteiger partial charge on any atom is 0.335 e. The molecule has 34 heavy (non-hydrogen) atoms. The Morgan fingerprint density at radius 3 is 2.41 bits per heavy atom. The molecule has 1 amide bonds. The van der Waals surface area contributed by atoms with Crippen molar-refractivity contribution < 1.29 is 24.2 Å². The number of carboxylic acid groups (broad SMARTS) is 1. The quantitative estimate of drug-likeness (QED) is 0.344. The number of carbonyl (C=O) groups excluding carboxylic acids is 1. The van der Waals surface area contributed by atoms with Gasteiger partial charge in [-0.15, -0.1) is 0 Å². The van der Waals surface area contributed by atoms with Gasteiger partial charge >= 0.3 is 5.97 Å². The third-order valence-electron chi connectivity index (χ3n) is 5.02. The average Bonchev–Trinajstić information content (AvgIpc) is 2.79. The molecule has 0 bridgehead atoms. The van der Waals surface area contributed by atoms with Crippen molar-refractivity contribution in [3.05, 3.63) is 81.9 Å². The predicted octanol–water partition coefficient (Wildman–Crippen LogP) is 5.68. The number of benzene rings is 3. The lowest BCUT2D eigenvalue weighted by Crippen LogP contribution is -2.20. The first-order valence-corrected chi connectivity index (χ1v) is 11.2. The minimum Gasteiger partial charge on any atom is -0.490 e. The minimum atomic E-state index is -0.988. The van der Waals surface area contributed by atoms with E-state index in [1.54, 1.807) is 30.3 Å². The number of nitrogens with one attached hydrogen (secondary N) is 2. The molecule has 178 valence electrons. The Morgan fingerprint density at radius 2 is 1.74 bits per heavy atom. The summed E-state index contributed by atoms with van der Waals surface area (Å²) < 4.78 is 11.4. The predicted molar refractivity (Wildman–Crippen MR) is 133 cm³/mol. The fraction of sp³-hybridized carbons (Fsp3) is 0.231. The van der Waals surface area contributed by atoms with Gasteiger partial charge in [-0.1, -0.05) is 35.4 Å². The number of hydrogen-bond donors (Lipinski definition) is 3. The highest BCUT2D eigenvalue weighted by molar-refractivity contribution is 6.32. The fourth-order valence-corrected chi connectivity index (χ4v) is 3.53. The van der Waals surface area contributed by atoms with Gasteiger partial charge in [0.2, 0.25) is 0 Å². The van der Waals surface area contributed by atoms with E-state index in [-0.39, 0.29) is 23.8 Å². The van der Waals surface area contributed by atoms with Gasteiger partial charge in [0.1, 0.15) is 0 Å². The van der Waals surface area contributed by atoms with Gasteiger partial charge in [-0.05, 0) is 68.3 Å². The summed E-state index contributed by atoms with van der Waals surface area (Å²) in [7, 11) is 0. The van der Waals surface area contributed by atoms with Crippen LogP contribution in [0.25, 0.3) is 0 Å². The van der Waals surface area contributed by atoms with Crippen LogP contribution in [0.4, 0.5) is 11.4 Å². The van der Waals surface area contributed by atoms with Crippen LogP contribution in [-0.2, 0) is 11.3 Å². The van der Waals surface area contributed by atoms with E-state index in [1.165, 1.54) is 0 Å². The zero-order chi connectivity index (χ0) is 24.7. The summed E-state index contributed by atoms with van der Waals surface area (Å²) in [5.74, 6) is -0.596. The molecular weight excluding hydrogens is 456 g/mol. The van der Waals surface area contributed by atoms with E-state index in [4.69, 9.17) is 21.1 Å². The topological polar surface area (TPSA) is 96.9 Å². The molecule has 7 nitrogen and oxygen atoms in total. The van der Waals surface area contributed by atoms with Crippen LogP contribution in [0.3, 0.4) is 0 Å². The SMILES string of the molecule is CCOc1cc(CNc2cc(C(=O)O)ccc2C)cc(Cl)c1OCC(=O)Nc1ccc(C)cc1. The molecule has 0 aromatic heterocycles. The summed E-state index contributed by atoms with van der Waals surface area (Å²) in [4.78, 5) is 23.6. The Bertz CT molecular complexity index is 1180. The maximum absolute atomic E-state index is 12.3. The normalized spacial score (nSPS) is 10.5. The Hall–Kier alpha value is -3.71. The molecule has 3 N–H and O–H groups in total. The second-order valence-electron chi connectivity index (χ2n) is 7.73. The van der Waals surface area contributed by atoms with Gasteiger partial charge in [0, 0.05) is 17.9 Å². The van der Waals surface area contributed by atoms with Crippen LogP contribution in [0.2, 0.25) is 5.02 Å². The Kier molecular flexibility index (Phi) is 8.38. The molecule has 0 spiro atoms. The number of carbonyl (C=O) groups is 2. The van der Waals surface area contributed by atoms with Crippen LogP contribution < -0.4 is 20.1 Å². The van der Waals surface area contributed by atoms with Crippen molar-refractivity contribution in [1.29, 1.82) is 0 Å². The first-order chi connectivity index (χ1) is 16.3. The van der Waals surface area contributed by atoms with Crippen molar-refractivity contribution in [3.63, 3.8) is 0 Å². The number of amides is 1. The highest BCUT2D eigenvalue weighted by atomic mass is 35.5. The van der Waals surface area contributed by atoms with Crippen molar-refractivity contribution in [3.8, 4) is 11.5 Å². The molecular formula is C26H27ClN2O5.